The van der Waals surface area contributed by atoms with Crippen LogP contribution in [0.2, 0.25) is 0 Å². The molecule has 0 spiro atoms. The Morgan fingerprint density at radius 3 is 1.21 bits per heavy atom. The lowest BCUT2D eigenvalue weighted by Crippen LogP contribution is -2.30. The highest BCUT2D eigenvalue weighted by Gasteiger charge is 2.17. The van der Waals surface area contributed by atoms with Crippen LogP contribution in [0.15, 0.2) is 72.9 Å². The molecule has 1 unspecified atom stereocenters. The van der Waals surface area contributed by atoms with E-state index in [1.165, 1.54) is 128 Å². The molecule has 0 aliphatic rings. The van der Waals surface area contributed by atoms with Crippen molar-refractivity contribution in [3.63, 3.8) is 0 Å². The Labute approximate surface area is 385 Å². The Kier molecular flexibility index (Phi) is 50.4. The van der Waals surface area contributed by atoms with Crippen molar-refractivity contribution in [3.05, 3.63) is 72.9 Å². The van der Waals surface area contributed by atoms with Gasteiger partial charge in [0, 0.05) is 19.4 Å². The normalized spacial score (nSPS) is 12.8. The van der Waals surface area contributed by atoms with E-state index >= 15 is 0 Å². The monoisotopic (exact) mass is 865 g/mol. The third-order valence-corrected chi connectivity index (χ3v) is 11.2. The lowest BCUT2D eigenvalue weighted by Gasteiger charge is -2.18. The summed E-state index contributed by atoms with van der Waals surface area (Å²) in [7, 11) is 0. The van der Waals surface area contributed by atoms with Gasteiger partial charge in [-0.25, -0.2) is 0 Å². The minimum absolute atomic E-state index is 0.0702. The Bertz CT molecular complexity index is 1110. The Balaban J connectivity index is 4.30. The van der Waals surface area contributed by atoms with Crippen LogP contribution in [0.1, 0.15) is 252 Å². The van der Waals surface area contributed by atoms with Crippen molar-refractivity contribution in [2.24, 2.45) is 0 Å². The predicted octanol–water partition coefficient (Wildman–Crippen LogP) is 17.9. The van der Waals surface area contributed by atoms with Crippen LogP contribution < -0.4 is 0 Å². The molecule has 0 aromatic rings. The fourth-order valence-electron chi connectivity index (χ4n) is 7.25. The van der Waals surface area contributed by atoms with Crippen LogP contribution in [0.4, 0.5) is 0 Å². The second kappa shape index (κ2) is 52.7. The Hall–Kier alpha value is -2.66. The fourth-order valence-corrected chi connectivity index (χ4v) is 7.25. The molecule has 0 aliphatic heterocycles. The molecule has 0 heterocycles. The smallest absolute Gasteiger partial charge is 0.306 e. The summed E-state index contributed by atoms with van der Waals surface area (Å²) in [4.78, 5) is 25.4. The molecule has 0 amide bonds. The van der Waals surface area contributed by atoms with E-state index in [0.717, 1.165) is 89.9 Å². The zero-order valence-corrected chi connectivity index (χ0v) is 41.1. The summed E-state index contributed by atoms with van der Waals surface area (Å²) >= 11 is 0. The highest BCUT2D eigenvalue weighted by atomic mass is 16.6. The van der Waals surface area contributed by atoms with Gasteiger partial charge in [0.05, 0.1) is 6.61 Å². The van der Waals surface area contributed by atoms with E-state index in [9.17, 15) is 9.59 Å². The van der Waals surface area contributed by atoms with E-state index in [1.807, 2.05) is 0 Å². The van der Waals surface area contributed by atoms with Gasteiger partial charge in [-0.3, -0.25) is 9.59 Å². The number of carbonyl (C=O) groups is 2. The third kappa shape index (κ3) is 50.0. The number of ether oxygens (including phenoxy) is 3. The van der Waals surface area contributed by atoms with Crippen LogP contribution >= 0.6 is 0 Å². The van der Waals surface area contributed by atoms with Crippen molar-refractivity contribution in [2.45, 2.75) is 258 Å². The topological polar surface area (TPSA) is 61.8 Å². The molecule has 0 radical (unpaired) electrons. The Morgan fingerprint density at radius 1 is 0.371 bits per heavy atom. The standard InChI is InChI=1S/C57H100O5/c1-4-7-10-13-16-19-22-25-27-28-29-31-34-37-40-43-46-49-52-60-53-55(62-57(59)51-48-45-42-39-36-32-24-21-18-15-12-9-6-3)54-61-56(58)50-47-44-41-38-35-33-30-26-23-20-17-14-11-8-5-2/h7,10,16-17,19-21,24-27,30,55H,4-6,8-9,11-15,18,22-23,28-29,31-54H2,1-3H3/b10-7-,19-16-,20-17-,24-21-,27-25-,30-26-. The van der Waals surface area contributed by atoms with Crippen molar-refractivity contribution in [3.8, 4) is 0 Å². The summed E-state index contributed by atoms with van der Waals surface area (Å²) < 4.78 is 17.4. The van der Waals surface area contributed by atoms with Gasteiger partial charge < -0.3 is 14.2 Å². The van der Waals surface area contributed by atoms with Gasteiger partial charge in [0.2, 0.25) is 0 Å². The van der Waals surface area contributed by atoms with Gasteiger partial charge in [0.15, 0.2) is 6.10 Å². The minimum Gasteiger partial charge on any atom is -0.462 e. The number of rotatable bonds is 48. The lowest BCUT2D eigenvalue weighted by atomic mass is 10.1. The van der Waals surface area contributed by atoms with Crippen LogP contribution in [-0.2, 0) is 23.8 Å². The van der Waals surface area contributed by atoms with Crippen LogP contribution in [0.5, 0.6) is 0 Å². The van der Waals surface area contributed by atoms with Crippen LogP contribution in [-0.4, -0.2) is 37.9 Å². The number of unbranched alkanes of at least 4 members (excludes halogenated alkanes) is 25. The van der Waals surface area contributed by atoms with Gasteiger partial charge in [-0.1, -0.05) is 203 Å². The average Bonchev–Trinajstić information content (AvgIpc) is 3.27. The zero-order valence-electron chi connectivity index (χ0n) is 41.1. The molecule has 0 saturated carbocycles. The number of esters is 2. The van der Waals surface area contributed by atoms with Gasteiger partial charge in [-0.2, -0.15) is 0 Å². The predicted molar refractivity (Wildman–Crippen MR) is 270 cm³/mol. The van der Waals surface area contributed by atoms with Crippen molar-refractivity contribution >= 4 is 11.9 Å². The second-order valence-electron chi connectivity index (χ2n) is 17.4. The summed E-state index contributed by atoms with van der Waals surface area (Å²) in [5.41, 5.74) is 0. The van der Waals surface area contributed by atoms with Gasteiger partial charge in [-0.15, -0.1) is 0 Å². The zero-order chi connectivity index (χ0) is 44.9. The molecule has 62 heavy (non-hydrogen) atoms. The fraction of sp³-hybridized carbons (Fsp3) is 0.754. The molecule has 0 aromatic carbocycles. The first-order chi connectivity index (χ1) is 30.6. The van der Waals surface area contributed by atoms with E-state index in [4.69, 9.17) is 14.2 Å². The van der Waals surface area contributed by atoms with Crippen LogP contribution in [0.3, 0.4) is 0 Å². The molecule has 1 atom stereocenters. The van der Waals surface area contributed by atoms with Crippen molar-refractivity contribution in [2.75, 3.05) is 19.8 Å². The SMILES string of the molecule is CC/C=C\C/C=C\C/C=C\CCCCCCCCCCOCC(COC(=O)CCCCCCC/C=C\C/C=C\CCCCC)OC(=O)CCCCCCC/C=C\CCCCCC. The Morgan fingerprint density at radius 2 is 0.726 bits per heavy atom. The first-order valence-electron chi connectivity index (χ1n) is 26.5. The first-order valence-corrected chi connectivity index (χ1v) is 26.5. The summed E-state index contributed by atoms with van der Waals surface area (Å²) in [5, 5.41) is 0. The molecule has 5 heteroatoms. The van der Waals surface area contributed by atoms with Gasteiger partial charge >= 0.3 is 11.9 Å². The van der Waals surface area contributed by atoms with E-state index in [1.54, 1.807) is 0 Å². The molecule has 0 bridgehead atoms. The number of carbonyl (C=O) groups excluding carboxylic acids is 2. The largest absolute Gasteiger partial charge is 0.462 e. The quantitative estimate of drug-likeness (QED) is 0.0346. The molecule has 358 valence electrons. The second-order valence-corrected chi connectivity index (χ2v) is 17.4. The molecule has 0 aliphatic carbocycles. The summed E-state index contributed by atoms with van der Waals surface area (Å²) in [6, 6.07) is 0. The first kappa shape index (κ1) is 59.3. The molecule has 0 rings (SSSR count). The summed E-state index contributed by atoms with van der Waals surface area (Å²) in [5.74, 6) is -0.424. The van der Waals surface area contributed by atoms with E-state index in [0.29, 0.717) is 19.4 Å². The number of hydrogen-bond acceptors (Lipinski definition) is 5. The lowest BCUT2D eigenvalue weighted by molar-refractivity contribution is -0.163. The molecular weight excluding hydrogens is 765 g/mol. The molecule has 0 aromatic heterocycles. The molecule has 0 N–H and O–H groups in total. The highest BCUT2D eigenvalue weighted by molar-refractivity contribution is 5.70. The third-order valence-electron chi connectivity index (χ3n) is 11.2. The minimum atomic E-state index is -0.552. The van der Waals surface area contributed by atoms with E-state index in [2.05, 4.69) is 93.7 Å². The summed E-state index contributed by atoms with van der Waals surface area (Å²) in [6.07, 6.45) is 67.6. The number of allylic oxidation sites excluding steroid dienone is 12. The van der Waals surface area contributed by atoms with E-state index in [-0.39, 0.29) is 25.2 Å². The van der Waals surface area contributed by atoms with Crippen LogP contribution in [0.25, 0.3) is 0 Å². The van der Waals surface area contributed by atoms with Gasteiger partial charge in [0.25, 0.3) is 0 Å². The maximum absolute atomic E-state index is 12.8. The number of hydrogen-bond donors (Lipinski definition) is 0. The van der Waals surface area contributed by atoms with Gasteiger partial charge in [0.1, 0.15) is 6.61 Å². The van der Waals surface area contributed by atoms with Gasteiger partial charge in [-0.05, 0) is 109 Å². The van der Waals surface area contributed by atoms with Crippen LogP contribution in [0, 0.1) is 0 Å². The maximum Gasteiger partial charge on any atom is 0.306 e. The highest BCUT2D eigenvalue weighted by Crippen LogP contribution is 2.14. The summed E-state index contributed by atoms with van der Waals surface area (Å²) in [6.45, 7) is 7.65. The maximum atomic E-state index is 12.8. The van der Waals surface area contributed by atoms with E-state index < -0.39 is 6.10 Å². The average molecular weight is 865 g/mol. The molecule has 5 nitrogen and oxygen atoms in total. The molecule has 0 fully saturated rings. The molecule has 0 saturated heterocycles. The van der Waals surface area contributed by atoms with Crippen molar-refractivity contribution in [1.29, 1.82) is 0 Å². The molecular formula is C57H100O5. The van der Waals surface area contributed by atoms with Crippen molar-refractivity contribution < 1.29 is 23.8 Å². The van der Waals surface area contributed by atoms with Crippen molar-refractivity contribution in [1.82, 2.24) is 0 Å².